The third-order valence-corrected chi connectivity index (χ3v) is 9.19. The maximum Gasteiger partial charge on any atom is 0.310 e. The maximum atomic E-state index is 12.6. The maximum absolute atomic E-state index is 12.6. The summed E-state index contributed by atoms with van der Waals surface area (Å²) in [5.74, 6) is 1.51. The van der Waals surface area contributed by atoms with Crippen molar-refractivity contribution in [2.75, 3.05) is 32.3 Å². The molecule has 0 spiro atoms. The highest BCUT2D eigenvalue weighted by molar-refractivity contribution is 8.14. The summed E-state index contributed by atoms with van der Waals surface area (Å²) in [6.45, 7) is 6.95. The summed E-state index contributed by atoms with van der Waals surface area (Å²) in [6, 6.07) is 11.9. The zero-order valence-corrected chi connectivity index (χ0v) is 24.6. The molecule has 1 amide bonds. The van der Waals surface area contributed by atoms with Gasteiger partial charge >= 0.3 is 4.87 Å². The smallest absolute Gasteiger partial charge is 0.310 e. The number of carbonyl (C=O) groups is 1. The van der Waals surface area contributed by atoms with Gasteiger partial charge in [-0.15, -0.1) is 0 Å². The number of aromatic nitrogens is 4. The number of hydrogen-bond acceptors (Lipinski definition) is 7. The van der Waals surface area contributed by atoms with Crippen molar-refractivity contribution in [3.8, 4) is 5.82 Å². The van der Waals surface area contributed by atoms with Crippen LogP contribution >= 0.6 is 21.8 Å². The number of ether oxygens (including phenoxy) is 2. The van der Waals surface area contributed by atoms with Gasteiger partial charge in [-0.3, -0.25) is 14.2 Å². The van der Waals surface area contributed by atoms with Crippen molar-refractivity contribution in [3.63, 3.8) is 0 Å². The third-order valence-electron chi connectivity index (χ3n) is 6.64. The quantitative estimate of drug-likeness (QED) is 0.202. The molecule has 0 radical (unpaired) electrons. The fourth-order valence-corrected chi connectivity index (χ4v) is 5.49. The van der Waals surface area contributed by atoms with Crippen molar-refractivity contribution < 1.29 is 14.3 Å². The molecule has 0 saturated heterocycles. The summed E-state index contributed by atoms with van der Waals surface area (Å²) in [4.78, 5) is 28.6. The van der Waals surface area contributed by atoms with Gasteiger partial charge in [0.1, 0.15) is 13.3 Å². The third kappa shape index (κ3) is 7.10. The first kappa shape index (κ1) is 28.9. The largest absolute Gasteiger partial charge is 0.364 e. The van der Waals surface area contributed by atoms with Gasteiger partial charge in [0.05, 0.1) is 28.6 Å². The second kappa shape index (κ2) is 13.3. The zero-order valence-electron chi connectivity index (χ0n) is 22.9. The molecule has 0 fully saturated rings. The molecule has 3 unspecified atom stereocenters. The molecular formula is C28H35N5O4S2. The molecule has 3 aromatic heterocycles. The Hall–Kier alpha value is -3.12. The number of fused-ring (bicyclic) bond motifs is 1. The Morgan fingerprint density at radius 2 is 2.00 bits per heavy atom. The van der Waals surface area contributed by atoms with E-state index in [0.717, 1.165) is 32.8 Å². The van der Waals surface area contributed by atoms with E-state index in [2.05, 4.69) is 47.9 Å². The molecule has 11 heteroatoms. The van der Waals surface area contributed by atoms with Crippen LogP contribution in [0.4, 0.5) is 0 Å². The predicted molar refractivity (Wildman–Crippen MR) is 159 cm³/mol. The van der Waals surface area contributed by atoms with Crippen molar-refractivity contribution in [2.45, 2.75) is 39.5 Å². The molecule has 4 aromatic rings. The Bertz CT molecular complexity index is 1510. The number of hydrogen-bond donors (Lipinski definition) is 1. The minimum atomic E-state index is -0.257. The molecule has 0 aliphatic heterocycles. The fourth-order valence-electron chi connectivity index (χ4n) is 3.95. The molecule has 1 aromatic carbocycles. The average Bonchev–Trinajstić information content (AvgIpc) is 3.57. The SMILES string of the molecule is C/C=S(/C)CCOCn1c(=O)sc2cc(C(C)c3ccn(-c4ccc(C(C)OCC(=O)NC)cn4)n3)ccc21. The van der Waals surface area contributed by atoms with Crippen LogP contribution in [0.25, 0.3) is 16.0 Å². The van der Waals surface area contributed by atoms with Crippen molar-refractivity contribution in [1.29, 1.82) is 0 Å². The lowest BCUT2D eigenvalue weighted by Crippen LogP contribution is -2.24. The van der Waals surface area contributed by atoms with E-state index in [-0.39, 0.29) is 46.6 Å². The van der Waals surface area contributed by atoms with E-state index in [0.29, 0.717) is 12.4 Å². The van der Waals surface area contributed by atoms with E-state index in [1.165, 1.54) is 11.3 Å². The molecular weight excluding hydrogens is 534 g/mol. The van der Waals surface area contributed by atoms with Gasteiger partial charge in [0.25, 0.3) is 0 Å². The van der Waals surface area contributed by atoms with E-state index < -0.39 is 0 Å². The summed E-state index contributed by atoms with van der Waals surface area (Å²) in [5.41, 5.74) is 3.76. The zero-order chi connectivity index (χ0) is 27.9. The number of rotatable bonds is 12. The van der Waals surface area contributed by atoms with Gasteiger partial charge in [-0.25, -0.2) is 9.67 Å². The van der Waals surface area contributed by atoms with E-state index in [4.69, 9.17) is 14.6 Å². The van der Waals surface area contributed by atoms with Gasteiger partial charge < -0.3 is 14.8 Å². The van der Waals surface area contributed by atoms with Crippen LogP contribution < -0.4 is 10.2 Å². The van der Waals surface area contributed by atoms with Gasteiger partial charge in [0, 0.05) is 31.1 Å². The Labute approximate surface area is 234 Å². The summed E-state index contributed by atoms with van der Waals surface area (Å²) < 4.78 is 15.8. The van der Waals surface area contributed by atoms with Crippen molar-refractivity contribution in [3.05, 3.63) is 75.3 Å². The summed E-state index contributed by atoms with van der Waals surface area (Å²) in [5, 5.41) is 9.48. The van der Waals surface area contributed by atoms with E-state index >= 15 is 0 Å². The first-order valence-electron chi connectivity index (χ1n) is 12.8. The molecule has 0 aliphatic carbocycles. The highest BCUT2D eigenvalue weighted by Crippen LogP contribution is 2.28. The van der Waals surface area contributed by atoms with Gasteiger partial charge in [-0.05, 0) is 55.5 Å². The lowest BCUT2D eigenvalue weighted by molar-refractivity contribution is -0.127. The first-order valence-corrected chi connectivity index (χ1v) is 15.4. The average molecular weight is 570 g/mol. The summed E-state index contributed by atoms with van der Waals surface area (Å²) >= 11 is 1.24. The van der Waals surface area contributed by atoms with Crippen LogP contribution in [0.15, 0.2) is 53.6 Å². The minimum Gasteiger partial charge on any atom is -0.364 e. The van der Waals surface area contributed by atoms with Gasteiger partial charge in [0.2, 0.25) is 5.91 Å². The lowest BCUT2D eigenvalue weighted by Gasteiger charge is -2.13. The van der Waals surface area contributed by atoms with Crippen molar-refractivity contribution in [1.82, 2.24) is 24.6 Å². The second-order valence-electron chi connectivity index (χ2n) is 9.17. The Morgan fingerprint density at radius 1 is 1.21 bits per heavy atom. The highest BCUT2D eigenvalue weighted by atomic mass is 32.2. The fraction of sp³-hybridized carbons (Fsp3) is 0.393. The number of nitrogens with one attached hydrogen (secondary N) is 1. The Kier molecular flexibility index (Phi) is 9.84. The topological polar surface area (TPSA) is 100 Å². The van der Waals surface area contributed by atoms with Crippen LogP contribution in [0.5, 0.6) is 0 Å². The monoisotopic (exact) mass is 569 g/mol. The van der Waals surface area contributed by atoms with Crippen molar-refractivity contribution in [2.24, 2.45) is 0 Å². The normalized spacial score (nSPS) is 14.0. The van der Waals surface area contributed by atoms with Crippen LogP contribution in [0.2, 0.25) is 0 Å². The van der Waals surface area contributed by atoms with Crippen LogP contribution in [-0.2, 0) is 21.0 Å². The van der Waals surface area contributed by atoms with Crippen LogP contribution in [0.3, 0.4) is 0 Å². The van der Waals surface area contributed by atoms with Gasteiger partial charge in [-0.2, -0.15) is 15.6 Å². The number of likely N-dealkylation sites (N-methyl/N-ethyl adjacent to an activating group) is 1. The predicted octanol–water partition coefficient (Wildman–Crippen LogP) is 4.31. The standard InChI is InChI=1S/C28H35N5O4S2/c1-6-39(5)14-13-36-18-32-24-9-7-21(15-25(24)38-28(32)35)19(2)23-11-12-33(31-23)26-10-8-22(16-30-26)20(3)37-17-27(34)29-4/h6-12,15-16,19-20H,13-14,17-18H2,1-5H3,(H,29,34). The molecule has 0 saturated carbocycles. The van der Waals surface area contributed by atoms with Crippen LogP contribution in [-0.4, -0.2) is 62.9 Å². The Morgan fingerprint density at radius 3 is 2.72 bits per heavy atom. The summed E-state index contributed by atoms with van der Waals surface area (Å²) in [7, 11) is 1.81. The minimum absolute atomic E-state index is 0.00140. The number of carbonyl (C=O) groups excluding carboxylic acids is 1. The van der Waals surface area contributed by atoms with Crippen LogP contribution in [0.1, 0.15) is 49.6 Å². The molecule has 3 heterocycles. The first-order chi connectivity index (χ1) is 18.8. The Balaban J connectivity index is 1.43. The molecule has 1 N–H and O–H groups in total. The highest BCUT2D eigenvalue weighted by Gasteiger charge is 2.16. The van der Waals surface area contributed by atoms with Crippen molar-refractivity contribution >= 4 is 43.3 Å². The number of benzene rings is 1. The molecule has 39 heavy (non-hydrogen) atoms. The number of nitrogens with zero attached hydrogens (tertiary/aromatic N) is 4. The van der Waals surface area contributed by atoms with Gasteiger partial charge in [0.15, 0.2) is 5.82 Å². The molecule has 208 valence electrons. The second-order valence-corrected chi connectivity index (χ2v) is 12.4. The molecule has 0 aliphatic rings. The number of pyridine rings is 1. The van der Waals surface area contributed by atoms with E-state index in [1.54, 1.807) is 22.5 Å². The molecule has 9 nitrogen and oxygen atoms in total. The van der Waals surface area contributed by atoms with Gasteiger partial charge in [-0.1, -0.05) is 35.8 Å². The molecule has 0 bridgehead atoms. The molecule has 4 rings (SSSR count). The van der Waals surface area contributed by atoms with E-state index in [1.807, 2.05) is 37.4 Å². The summed E-state index contributed by atoms with van der Waals surface area (Å²) in [6.07, 6.45) is 5.56. The molecule has 3 atom stereocenters. The van der Waals surface area contributed by atoms with E-state index in [9.17, 15) is 9.59 Å². The lowest BCUT2D eigenvalue weighted by atomic mass is 9.98. The van der Waals surface area contributed by atoms with Crippen LogP contribution in [0, 0.1) is 0 Å². The number of amides is 1. The number of thiazole rings is 1.